The van der Waals surface area contributed by atoms with Crippen molar-refractivity contribution in [2.24, 2.45) is 0 Å². The number of halogens is 1. The van der Waals surface area contributed by atoms with Gasteiger partial charge >= 0.3 is 0 Å². The number of nitrogens with one attached hydrogen (secondary N) is 1. The highest BCUT2D eigenvalue weighted by Gasteiger charge is 2.29. The van der Waals surface area contributed by atoms with Crippen LogP contribution in [0.1, 0.15) is 24.1 Å². The molecule has 1 amide bonds. The van der Waals surface area contributed by atoms with Crippen molar-refractivity contribution >= 4 is 27.5 Å². The molecule has 0 spiro atoms. The number of hydrogen-bond donors (Lipinski definition) is 1. The molecule has 2 aromatic rings. The van der Waals surface area contributed by atoms with E-state index in [0.717, 1.165) is 11.1 Å². The quantitative estimate of drug-likeness (QED) is 0.757. The van der Waals surface area contributed by atoms with E-state index in [0.29, 0.717) is 36.1 Å². The first-order valence-corrected chi connectivity index (χ1v) is 11.4. The predicted molar refractivity (Wildman–Crippen MR) is 114 cm³/mol. The minimum absolute atomic E-state index is 0.0904. The second-order valence-electron chi connectivity index (χ2n) is 7.34. The Morgan fingerprint density at radius 3 is 2.38 bits per heavy atom. The summed E-state index contributed by atoms with van der Waals surface area (Å²) in [6.07, 6.45) is 0. The molecule has 156 valence electrons. The predicted octanol–water partition coefficient (Wildman–Crippen LogP) is 2.83. The Morgan fingerprint density at radius 1 is 1.10 bits per heavy atom. The number of rotatable bonds is 6. The lowest BCUT2D eigenvalue weighted by Gasteiger charge is -2.33. The molecular formula is C21H26ClN3O3S. The minimum atomic E-state index is -3.50. The first-order valence-electron chi connectivity index (χ1n) is 9.60. The van der Waals surface area contributed by atoms with Gasteiger partial charge in [0.1, 0.15) is 0 Å². The molecular weight excluding hydrogens is 410 g/mol. The molecule has 1 atom stereocenters. The van der Waals surface area contributed by atoms with Crippen LogP contribution < -0.4 is 5.32 Å². The number of aryl methyl sites for hydroxylation is 1. The van der Waals surface area contributed by atoms with Crippen LogP contribution in [0.2, 0.25) is 5.02 Å². The third-order valence-corrected chi connectivity index (χ3v) is 7.23. The summed E-state index contributed by atoms with van der Waals surface area (Å²) < 4.78 is 27.0. The van der Waals surface area contributed by atoms with E-state index < -0.39 is 10.0 Å². The number of nitrogens with zero attached hydrogens (tertiary/aromatic N) is 2. The van der Waals surface area contributed by atoms with Crippen LogP contribution in [0.25, 0.3) is 0 Å². The van der Waals surface area contributed by atoms with Crippen molar-refractivity contribution in [1.29, 1.82) is 0 Å². The number of carbonyl (C=O) groups is 1. The van der Waals surface area contributed by atoms with Gasteiger partial charge in [-0.05, 0) is 43.7 Å². The van der Waals surface area contributed by atoms with Crippen molar-refractivity contribution in [3.05, 3.63) is 64.7 Å². The maximum atomic E-state index is 12.8. The van der Waals surface area contributed by atoms with Gasteiger partial charge in [0, 0.05) is 31.2 Å². The first kappa shape index (κ1) is 21.8. The smallest absolute Gasteiger partial charge is 0.243 e. The number of hydrogen-bond acceptors (Lipinski definition) is 4. The van der Waals surface area contributed by atoms with E-state index >= 15 is 0 Å². The van der Waals surface area contributed by atoms with Gasteiger partial charge in [-0.3, -0.25) is 9.69 Å². The molecule has 1 heterocycles. The number of benzene rings is 2. The van der Waals surface area contributed by atoms with Gasteiger partial charge in [0.25, 0.3) is 0 Å². The van der Waals surface area contributed by atoms with Crippen LogP contribution in [0.15, 0.2) is 53.4 Å². The van der Waals surface area contributed by atoms with Crippen LogP contribution in [0, 0.1) is 6.92 Å². The third kappa shape index (κ3) is 5.57. The standard InChI is InChI=1S/C21H26ClN3O3S/c1-16-6-8-20(9-7-16)29(27,28)25-12-10-24(11-13-25)15-21(26)23-17(2)18-4-3-5-19(22)14-18/h3-9,14,17H,10-13,15H2,1-2H3,(H,23,26)/t17-/m0/s1. The number of piperazine rings is 1. The topological polar surface area (TPSA) is 69.7 Å². The lowest BCUT2D eigenvalue weighted by atomic mass is 10.1. The summed E-state index contributed by atoms with van der Waals surface area (Å²) in [7, 11) is -3.50. The molecule has 1 saturated heterocycles. The Labute approximate surface area is 177 Å². The van der Waals surface area contributed by atoms with Crippen molar-refractivity contribution < 1.29 is 13.2 Å². The van der Waals surface area contributed by atoms with Gasteiger partial charge < -0.3 is 5.32 Å². The second kappa shape index (κ2) is 9.26. The Morgan fingerprint density at radius 2 is 1.76 bits per heavy atom. The molecule has 0 unspecified atom stereocenters. The van der Waals surface area contributed by atoms with Gasteiger partial charge in [-0.15, -0.1) is 0 Å². The Hall–Kier alpha value is -1.93. The molecule has 2 aromatic carbocycles. The highest BCUT2D eigenvalue weighted by Crippen LogP contribution is 2.19. The molecule has 0 bridgehead atoms. The van der Waals surface area contributed by atoms with Crippen molar-refractivity contribution in [3.8, 4) is 0 Å². The van der Waals surface area contributed by atoms with E-state index in [-0.39, 0.29) is 18.5 Å². The van der Waals surface area contributed by atoms with Crippen LogP contribution in [-0.2, 0) is 14.8 Å². The molecule has 0 radical (unpaired) electrons. The van der Waals surface area contributed by atoms with Crippen molar-refractivity contribution in [1.82, 2.24) is 14.5 Å². The molecule has 29 heavy (non-hydrogen) atoms. The highest BCUT2D eigenvalue weighted by atomic mass is 35.5. The Bertz CT molecular complexity index is 955. The lowest BCUT2D eigenvalue weighted by Crippen LogP contribution is -2.51. The highest BCUT2D eigenvalue weighted by molar-refractivity contribution is 7.89. The SMILES string of the molecule is Cc1ccc(S(=O)(=O)N2CCN(CC(=O)N[C@@H](C)c3cccc(Cl)c3)CC2)cc1. The molecule has 1 N–H and O–H groups in total. The summed E-state index contributed by atoms with van der Waals surface area (Å²) in [6.45, 7) is 5.85. The largest absolute Gasteiger partial charge is 0.348 e. The van der Waals surface area contributed by atoms with E-state index in [2.05, 4.69) is 5.32 Å². The maximum Gasteiger partial charge on any atom is 0.243 e. The molecule has 1 fully saturated rings. The molecule has 0 saturated carbocycles. The zero-order valence-electron chi connectivity index (χ0n) is 16.6. The van der Waals surface area contributed by atoms with Gasteiger partial charge in [-0.25, -0.2) is 8.42 Å². The average Bonchev–Trinajstić information content (AvgIpc) is 2.68. The molecule has 6 nitrogen and oxygen atoms in total. The van der Waals surface area contributed by atoms with Crippen molar-refractivity contribution in [2.45, 2.75) is 24.8 Å². The van der Waals surface area contributed by atoms with Gasteiger partial charge in [0.15, 0.2) is 0 Å². The summed E-state index contributed by atoms with van der Waals surface area (Å²) in [5.74, 6) is -0.0904. The van der Waals surface area contributed by atoms with Crippen LogP contribution >= 0.6 is 11.6 Å². The van der Waals surface area contributed by atoms with Crippen molar-refractivity contribution in [2.75, 3.05) is 32.7 Å². The summed E-state index contributed by atoms with van der Waals surface area (Å²) >= 11 is 6.01. The number of amides is 1. The third-order valence-electron chi connectivity index (χ3n) is 5.08. The molecule has 0 aromatic heterocycles. The van der Waals surface area contributed by atoms with E-state index in [9.17, 15) is 13.2 Å². The van der Waals surface area contributed by atoms with Gasteiger partial charge in [-0.2, -0.15) is 4.31 Å². The van der Waals surface area contributed by atoms with Crippen LogP contribution in [-0.4, -0.2) is 56.3 Å². The fraction of sp³-hybridized carbons (Fsp3) is 0.381. The fourth-order valence-electron chi connectivity index (χ4n) is 3.34. The van der Waals surface area contributed by atoms with E-state index in [1.165, 1.54) is 4.31 Å². The van der Waals surface area contributed by atoms with Gasteiger partial charge in [0.2, 0.25) is 15.9 Å². The summed E-state index contributed by atoms with van der Waals surface area (Å²) in [5, 5.41) is 3.61. The molecule has 0 aliphatic carbocycles. The summed E-state index contributed by atoms with van der Waals surface area (Å²) in [6, 6.07) is 14.1. The Kier molecular flexibility index (Phi) is 6.95. The summed E-state index contributed by atoms with van der Waals surface area (Å²) in [4.78, 5) is 14.7. The van der Waals surface area contributed by atoms with E-state index in [1.54, 1.807) is 30.3 Å². The molecule has 3 rings (SSSR count). The lowest BCUT2D eigenvalue weighted by molar-refractivity contribution is -0.123. The summed E-state index contributed by atoms with van der Waals surface area (Å²) in [5.41, 5.74) is 1.96. The maximum absolute atomic E-state index is 12.8. The first-order chi connectivity index (χ1) is 13.8. The molecule has 1 aliphatic heterocycles. The van der Waals surface area contributed by atoms with Gasteiger partial charge in [0.05, 0.1) is 17.5 Å². The van der Waals surface area contributed by atoms with Crippen LogP contribution in [0.3, 0.4) is 0 Å². The Balaban J connectivity index is 1.51. The van der Waals surface area contributed by atoms with Crippen LogP contribution in [0.5, 0.6) is 0 Å². The van der Waals surface area contributed by atoms with Gasteiger partial charge in [-0.1, -0.05) is 41.4 Å². The zero-order chi connectivity index (χ0) is 21.0. The van der Waals surface area contributed by atoms with Crippen LogP contribution in [0.4, 0.5) is 0 Å². The second-order valence-corrected chi connectivity index (χ2v) is 9.71. The van der Waals surface area contributed by atoms with Crippen molar-refractivity contribution in [3.63, 3.8) is 0 Å². The normalized spacial score (nSPS) is 17.1. The molecule has 1 aliphatic rings. The minimum Gasteiger partial charge on any atom is -0.348 e. The number of carbonyl (C=O) groups excluding carboxylic acids is 1. The van der Waals surface area contributed by atoms with E-state index in [4.69, 9.17) is 11.6 Å². The fourth-order valence-corrected chi connectivity index (χ4v) is 4.96. The van der Waals surface area contributed by atoms with E-state index in [1.807, 2.05) is 36.9 Å². The average molecular weight is 436 g/mol. The zero-order valence-corrected chi connectivity index (χ0v) is 18.2. The monoisotopic (exact) mass is 435 g/mol. The molecule has 8 heteroatoms. The number of sulfonamides is 1.